The molecule has 0 radical (unpaired) electrons. The van der Waals surface area contributed by atoms with Gasteiger partial charge in [-0.15, -0.1) is 0 Å². The molecular formula is C19H21NO2. The summed E-state index contributed by atoms with van der Waals surface area (Å²) in [7, 11) is 1.71. The average molecular weight is 295 g/mol. The molecule has 0 saturated carbocycles. The van der Waals surface area contributed by atoms with E-state index in [0.717, 1.165) is 17.7 Å². The summed E-state index contributed by atoms with van der Waals surface area (Å²) >= 11 is 0. The van der Waals surface area contributed by atoms with Crippen molar-refractivity contribution in [2.45, 2.75) is 26.7 Å². The number of aryl methyl sites for hydroxylation is 1. The number of benzene rings is 2. The smallest absolute Gasteiger partial charge is 0.0713 e. The normalized spacial score (nSPS) is 11.2. The first-order valence-corrected chi connectivity index (χ1v) is 7.48. The van der Waals surface area contributed by atoms with E-state index in [2.05, 4.69) is 54.1 Å². The molecule has 0 aliphatic heterocycles. The number of ether oxygens (including phenoxy) is 1. The molecule has 22 heavy (non-hydrogen) atoms. The van der Waals surface area contributed by atoms with E-state index in [0.29, 0.717) is 6.61 Å². The summed E-state index contributed by atoms with van der Waals surface area (Å²) in [4.78, 5) is 0. The largest absolute Gasteiger partial charge is 0.392 e. The van der Waals surface area contributed by atoms with Crippen molar-refractivity contribution in [3.05, 3.63) is 70.9 Å². The first kappa shape index (κ1) is 14.8. The number of aliphatic hydroxyl groups is 1. The van der Waals surface area contributed by atoms with Crippen molar-refractivity contribution >= 4 is 10.9 Å². The Morgan fingerprint density at radius 3 is 2.68 bits per heavy atom. The zero-order valence-corrected chi connectivity index (χ0v) is 13.0. The fraction of sp³-hybridized carbons (Fsp3) is 0.263. The molecule has 1 N–H and O–H groups in total. The van der Waals surface area contributed by atoms with Crippen molar-refractivity contribution in [3.63, 3.8) is 0 Å². The number of hydrogen-bond acceptors (Lipinski definition) is 2. The second-order valence-corrected chi connectivity index (χ2v) is 5.64. The van der Waals surface area contributed by atoms with Gasteiger partial charge < -0.3 is 14.4 Å². The Kier molecular flexibility index (Phi) is 4.27. The highest BCUT2D eigenvalue weighted by Gasteiger charge is 2.08. The van der Waals surface area contributed by atoms with Crippen LogP contribution in [0.5, 0.6) is 0 Å². The minimum absolute atomic E-state index is 0.0796. The second kappa shape index (κ2) is 6.34. The number of aromatic nitrogens is 1. The zero-order chi connectivity index (χ0) is 15.5. The molecule has 0 saturated heterocycles. The highest BCUT2D eigenvalue weighted by molar-refractivity contribution is 5.84. The van der Waals surface area contributed by atoms with E-state index in [1.807, 2.05) is 6.07 Å². The van der Waals surface area contributed by atoms with Crippen molar-refractivity contribution in [2.24, 2.45) is 0 Å². The Hall–Kier alpha value is -2.10. The third-order valence-corrected chi connectivity index (χ3v) is 4.12. The minimum atomic E-state index is 0.0796. The topological polar surface area (TPSA) is 34.4 Å². The predicted molar refractivity (Wildman–Crippen MR) is 88.9 cm³/mol. The molecule has 0 spiro atoms. The molecule has 0 fully saturated rings. The first-order chi connectivity index (χ1) is 10.7. The van der Waals surface area contributed by atoms with Gasteiger partial charge in [0.05, 0.1) is 18.7 Å². The third kappa shape index (κ3) is 2.78. The van der Waals surface area contributed by atoms with Gasteiger partial charge in [-0.3, -0.25) is 0 Å². The van der Waals surface area contributed by atoms with Crippen molar-refractivity contribution in [3.8, 4) is 0 Å². The van der Waals surface area contributed by atoms with Gasteiger partial charge in [0.15, 0.2) is 0 Å². The quantitative estimate of drug-likeness (QED) is 0.780. The summed E-state index contributed by atoms with van der Waals surface area (Å²) in [6.07, 6.45) is 2.11. The lowest BCUT2D eigenvalue weighted by Gasteiger charge is -2.11. The third-order valence-electron chi connectivity index (χ3n) is 4.12. The molecule has 3 heteroatoms. The number of rotatable bonds is 5. The minimum Gasteiger partial charge on any atom is -0.392 e. The van der Waals surface area contributed by atoms with Crippen LogP contribution in [0.1, 0.15) is 22.3 Å². The molecule has 3 aromatic rings. The fourth-order valence-electron chi connectivity index (χ4n) is 3.01. The van der Waals surface area contributed by atoms with Crippen LogP contribution in [0.15, 0.2) is 48.7 Å². The van der Waals surface area contributed by atoms with Gasteiger partial charge in [0.2, 0.25) is 0 Å². The maximum Gasteiger partial charge on any atom is 0.0713 e. The molecule has 0 atom stereocenters. The first-order valence-electron chi connectivity index (χ1n) is 7.48. The molecule has 1 aromatic heterocycles. The Morgan fingerprint density at radius 1 is 1.09 bits per heavy atom. The Balaban J connectivity index is 1.99. The van der Waals surface area contributed by atoms with Crippen molar-refractivity contribution in [1.82, 2.24) is 4.57 Å². The molecule has 0 aliphatic rings. The summed E-state index contributed by atoms with van der Waals surface area (Å²) in [5.41, 5.74) is 5.77. The molecule has 2 aromatic carbocycles. The van der Waals surface area contributed by atoms with E-state index >= 15 is 0 Å². The van der Waals surface area contributed by atoms with Crippen molar-refractivity contribution < 1.29 is 9.84 Å². The van der Waals surface area contributed by atoms with Crippen molar-refractivity contribution in [1.29, 1.82) is 0 Å². The van der Waals surface area contributed by atoms with Crippen LogP contribution in [0.4, 0.5) is 0 Å². The van der Waals surface area contributed by atoms with Crippen LogP contribution >= 0.6 is 0 Å². The van der Waals surface area contributed by atoms with Crippen LogP contribution in [-0.4, -0.2) is 16.8 Å². The SMILES string of the molecule is COCc1cccc(Cn2ccc3ccc(CO)c(C)c32)c1. The summed E-state index contributed by atoms with van der Waals surface area (Å²) < 4.78 is 7.45. The number of methoxy groups -OCH3 is 1. The zero-order valence-electron chi connectivity index (χ0n) is 13.0. The lowest BCUT2D eigenvalue weighted by Crippen LogP contribution is -2.01. The maximum absolute atomic E-state index is 9.47. The maximum atomic E-state index is 9.47. The number of nitrogens with zero attached hydrogens (tertiary/aromatic N) is 1. The Labute approximate surface area is 130 Å². The molecule has 0 bridgehead atoms. The van der Waals surface area contributed by atoms with E-state index < -0.39 is 0 Å². The Bertz CT molecular complexity index is 789. The van der Waals surface area contributed by atoms with E-state index in [-0.39, 0.29) is 6.61 Å². The lowest BCUT2D eigenvalue weighted by molar-refractivity contribution is 0.185. The van der Waals surface area contributed by atoms with E-state index in [4.69, 9.17) is 4.74 Å². The summed E-state index contributed by atoms with van der Waals surface area (Å²) in [5.74, 6) is 0. The van der Waals surface area contributed by atoms with Gasteiger partial charge in [-0.05, 0) is 40.6 Å². The molecule has 3 rings (SSSR count). The van der Waals surface area contributed by atoms with Crippen molar-refractivity contribution in [2.75, 3.05) is 7.11 Å². The van der Waals surface area contributed by atoms with Gasteiger partial charge in [-0.2, -0.15) is 0 Å². The van der Waals surface area contributed by atoms with Crippen LogP contribution in [-0.2, 0) is 24.5 Å². The summed E-state index contributed by atoms with van der Waals surface area (Å²) in [5, 5.41) is 10.7. The number of fused-ring (bicyclic) bond motifs is 1. The van der Waals surface area contributed by atoms with Crippen LogP contribution in [0.2, 0.25) is 0 Å². The van der Waals surface area contributed by atoms with Crippen LogP contribution < -0.4 is 0 Å². The standard InChI is InChI=1S/C19H21NO2/c1-14-18(12-21)7-6-17-8-9-20(19(14)17)11-15-4-3-5-16(10-15)13-22-2/h3-10,21H,11-13H2,1-2H3. The molecule has 3 nitrogen and oxygen atoms in total. The molecule has 0 amide bonds. The highest BCUT2D eigenvalue weighted by Crippen LogP contribution is 2.24. The lowest BCUT2D eigenvalue weighted by atomic mass is 10.1. The molecule has 0 unspecified atom stereocenters. The van der Waals surface area contributed by atoms with Gasteiger partial charge in [0.1, 0.15) is 0 Å². The van der Waals surface area contributed by atoms with Gasteiger partial charge >= 0.3 is 0 Å². The number of hydrogen-bond donors (Lipinski definition) is 1. The van der Waals surface area contributed by atoms with Gasteiger partial charge in [-0.25, -0.2) is 0 Å². The predicted octanol–water partition coefficient (Wildman–Crippen LogP) is 3.64. The van der Waals surface area contributed by atoms with Gasteiger partial charge in [0, 0.05) is 19.9 Å². The monoisotopic (exact) mass is 295 g/mol. The van der Waals surface area contributed by atoms with Gasteiger partial charge in [-0.1, -0.05) is 36.4 Å². The molecular weight excluding hydrogens is 274 g/mol. The van der Waals surface area contributed by atoms with E-state index in [1.54, 1.807) is 7.11 Å². The van der Waals surface area contributed by atoms with Crippen LogP contribution in [0.25, 0.3) is 10.9 Å². The summed E-state index contributed by atoms with van der Waals surface area (Å²) in [6, 6.07) is 14.7. The fourth-order valence-corrected chi connectivity index (χ4v) is 3.01. The van der Waals surface area contributed by atoms with Crippen LogP contribution in [0.3, 0.4) is 0 Å². The molecule has 114 valence electrons. The van der Waals surface area contributed by atoms with E-state index in [1.165, 1.54) is 22.0 Å². The van der Waals surface area contributed by atoms with E-state index in [9.17, 15) is 5.11 Å². The summed E-state index contributed by atoms with van der Waals surface area (Å²) in [6.45, 7) is 3.60. The highest BCUT2D eigenvalue weighted by atomic mass is 16.5. The van der Waals surface area contributed by atoms with Gasteiger partial charge in [0.25, 0.3) is 0 Å². The Morgan fingerprint density at radius 2 is 1.91 bits per heavy atom. The van der Waals surface area contributed by atoms with Crippen LogP contribution in [0, 0.1) is 6.92 Å². The average Bonchev–Trinajstić information content (AvgIpc) is 2.92. The molecule has 1 heterocycles. The second-order valence-electron chi connectivity index (χ2n) is 5.64. The number of aliphatic hydroxyl groups excluding tert-OH is 1. The molecule has 0 aliphatic carbocycles.